The van der Waals surface area contributed by atoms with Crippen molar-refractivity contribution in [2.75, 3.05) is 7.11 Å². The number of nitrogens with one attached hydrogen (secondary N) is 1. The Morgan fingerprint density at radius 1 is 1.09 bits per heavy atom. The first-order valence-electron chi connectivity index (χ1n) is 7.24. The van der Waals surface area contributed by atoms with E-state index >= 15 is 0 Å². The first kappa shape index (κ1) is 16.0. The summed E-state index contributed by atoms with van der Waals surface area (Å²) >= 11 is 0. The zero-order valence-corrected chi connectivity index (χ0v) is 13.0. The Morgan fingerprint density at radius 2 is 1.77 bits per heavy atom. The minimum Gasteiger partial charge on any atom is -0.453 e. The number of imide groups is 1. The van der Waals surface area contributed by atoms with E-state index in [2.05, 4.69) is 34.3 Å². The van der Waals surface area contributed by atoms with Crippen LogP contribution in [-0.4, -0.2) is 25.2 Å². The number of quaternary nitrogens is 1. The van der Waals surface area contributed by atoms with Gasteiger partial charge in [-0.15, -0.1) is 0 Å². The Balaban J connectivity index is 2.12. The fourth-order valence-corrected chi connectivity index (χ4v) is 2.54. The van der Waals surface area contributed by atoms with Crippen LogP contribution in [0.1, 0.15) is 25.5 Å². The van der Waals surface area contributed by atoms with Gasteiger partial charge in [0.05, 0.1) is 7.11 Å². The molecule has 3 N–H and O–H groups in total. The molecule has 0 saturated heterocycles. The minimum atomic E-state index is -0.733. The molecular weight excluding hydrogens is 280 g/mol. The number of amides is 2. The number of benzene rings is 2. The van der Waals surface area contributed by atoms with Crippen LogP contribution < -0.4 is 10.6 Å². The average molecular weight is 301 g/mol. The summed E-state index contributed by atoms with van der Waals surface area (Å²) in [4.78, 5) is 23.0. The van der Waals surface area contributed by atoms with Gasteiger partial charge in [-0.25, -0.2) is 4.79 Å². The van der Waals surface area contributed by atoms with Gasteiger partial charge in [-0.1, -0.05) is 42.5 Å². The first-order valence-corrected chi connectivity index (χ1v) is 7.24. The lowest BCUT2D eigenvalue weighted by atomic mass is 9.99. The highest BCUT2D eigenvalue weighted by Gasteiger charge is 2.23. The van der Waals surface area contributed by atoms with Gasteiger partial charge < -0.3 is 10.1 Å². The summed E-state index contributed by atoms with van der Waals surface area (Å²) < 4.78 is 4.43. The molecule has 2 atom stereocenters. The third-order valence-corrected chi connectivity index (χ3v) is 3.72. The van der Waals surface area contributed by atoms with Crippen LogP contribution in [0.4, 0.5) is 4.79 Å². The molecular formula is C17H21N2O3+. The van der Waals surface area contributed by atoms with Crippen molar-refractivity contribution >= 4 is 22.8 Å². The quantitative estimate of drug-likeness (QED) is 0.903. The molecule has 0 fully saturated rings. The maximum atomic E-state index is 11.9. The molecule has 2 amide bonds. The lowest BCUT2D eigenvalue weighted by Gasteiger charge is -2.17. The Morgan fingerprint density at radius 3 is 2.50 bits per heavy atom. The van der Waals surface area contributed by atoms with Gasteiger partial charge >= 0.3 is 6.09 Å². The predicted octanol–water partition coefficient (Wildman–Crippen LogP) is 1.74. The van der Waals surface area contributed by atoms with Gasteiger partial charge in [0.2, 0.25) is 0 Å². The molecule has 0 heterocycles. The van der Waals surface area contributed by atoms with Gasteiger partial charge in [-0.2, -0.15) is 0 Å². The summed E-state index contributed by atoms with van der Waals surface area (Å²) in [6, 6.07) is 14.0. The van der Waals surface area contributed by atoms with E-state index in [4.69, 9.17) is 0 Å². The molecule has 0 saturated carbocycles. The molecule has 2 aromatic carbocycles. The number of rotatable bonds is 4. The fourth-order valence-electron chi connectivity index (χ4n) is 2.54. The Bertz CT molecular complexity index is 679. The fraction of sp³-hybridized carbons (Fsp3) is 0.294. The van der Waals surface area contributed by atoms with Crippen LogP contribution in [0.3, 0.4) is 0 Å². The third-order valence-electron chi connectivity index (χ3n) is 3.72. The summed E-state index contributed by atoms with van der Waals surface area (Å²) in [7, 11) is 1.23. The number of carbonyl (C=O) groups excluding carboxylic acids is 2. The second-order valence-corrected chi connectivity index (χ2v) is 5.32. The molecule has 0 aliphatic carbocycles. The number of ether oxygens (including phenoxy) is 1. The highest BCUT2D eigenvalue weighted by molar-refractivity contribution is 5.93. The van der Waals surface area contributed by atoms with Gasteiger partial charge in [0.15, 0.2) is 6.04 Å². The molecule has 0 spiro atoms. The number of fused-ring (bicyclic) bond motifs is 1. The monoisotopic (exact) mass is 301 g/mol. The molecule has 2 rings (SSSR count). The van der Waals surface area contributed by atoms with Crippen LogP contribution in [0.25, 0.3) is 10.8 Å². The van der Waals surface area contributed by atoms with E-state index in [9.17, 15) is 9.59 Å². The van der Waals surface area contributed by atoms with Crippen LogP contribution in [0.15, 0.2) is 42.5 Å². The smallest absolute Gasteiger partial charge is 0.413 e. The molecule has 5 nitrogen and oxygen atoms in total. The van der Waals surface area contributed by atoms with Gasteiger partial charge in [0, 0.05) is 5.56 Å². The number of alkyl carbamates (subject to hydrolysis) is 1. The van der Waals surface area contributed by atoms with E-state index in [1.54, 1.807) is 6.92 Å². The van der Waals surface area contributed by atoms with Gasteiger partial charge in [-0.05, 0) is 24.6 Å². The van der Waals surface area contributed by atoms with E-state index in [1.165, 1.54) is 17.9 Å². The predicted molar refractivity (Wildman–Crippen MR) is 84.3 cm³/mol. The van der Waals surface area contributed by atoms with Gasteiger partial charge in [0.1, 0.15) is 6.04 Å². The van der Waals surface area contributed by atoms with E-state index < -0.39 is 12.1 Å². The van der Waals surface area contributed by atoms with E-state index in [1.807, 2.05) is 30.4 Å². The van der Waals surface area contributed by atoms with Crippen LogP contribution in [0.2, 0.25) is 0 Å². The van der Waals surface area contributed by atoms with Crippen molar-refractivity contribution in [2.45, 2.75) is 25.9 Å². The van der Waals surface area contributed by atoms with Crippen molar-refractivity contribution in [1.82, 2.24) is 5.32 Å². The highest BCUT2D eigenvalue weighted by Crippen LogP contribution is 2.22. The zero-order chi connectivity index (χ0) is 16.1. The molecule has 0 aromatic heterocycles. The lowest BCUT2D eigenvalue weighted by molar-refractivity contribution is -0.710. The van der Waals surface area contributed by atoms with Gasteiger partial charge in [0.25, 0.3) is 5.91 Å². The van der Waals surface area contributed by atoms with Crippen molar-refractivity contribution in [3.63, 3.8) is 0 Å². The zero-order valence-electron chi connectivity index (χ0n) is 13.0. The maximum absolute atomic E-state index is 11.9. The van der Waals surface area contributed by atoms with Crippen molar-refractivity contribution in [3.8, 4) is 0 Å². The van der Waals surface area contributed by atoms with Crippen molar-refractivity contribution in [1.29, 1.82) is 0 Å². The van der Waals surface area contributed by atoms with Crippen molar-refractivity contribution < 1.29 is 19.6 Å². The van der Waals surface area contributed by atoms with E-state index in [-0.39, 0.29) is 11.9 Å². The minimum absolute atomic E-state index is 0.0875. The second-order valence-electron chi connectivity index (χ2n) is 5.32. The number of hydrogen-bond donors (Lipinski definition) is 2. The maximum Gasteiger partial charge on any atom is 0.413 e. The Hall–Kier alpha value is -2.40. The van der Waals surface area contributed by atoms with Crippen LogP contribution in [0.5, 0.6) is 0 Å². The van der Waals surface area contributed by atoms with Crippen LogP contribution >= 0.6 is 0 Å². The van der Waals surface area contributed by atoms with Crippen molar-refractivity contribution in [2.24, 2.45) is 0 Å². The summed E-state index contributed by atoms with van der Waals surface area (Å²) in [5.41, 5.74) is 1.16. The lowest BCUT2D eigenvalue weighted by Crippen LogP contribution is -2.92. The van der Waals surface area contributed by atoms with Crippen LogP contribution in [-0.2, 0) is 9.53 Å². The molecule has 5 heteroatoms. The topological polar surface area (TPSA) is 72.0 Å². The molecule has 0 unspecified atom stereocenters. The van der Waals surface area contributed by atoms with Crippen LogP contribution in [0, 0.1) is 0 Å². The number of nitrogens with two attached hydrogens (primary N) is 1. The van der Waals surface area contributed by atoms with E-state index in [0.717, 1.165) is 5.56 Å². The molecule has 0 aliphatic heterocycles. The summed E-state index contributed by atoms with van der Waals surface area (Å²) in [5, 5.41) is 6.47. The average Bonchev–Trinajstić information content (AvgIpc) is 2.53. The second kappa shape index (κ2) is 7.04. The molecule has 0 aliphatic rings. The summed E-state index contributed by atoms with van der Waals surface area (Å²) in [5.74, 6) is -0.362. The largest absolute Gasteiger partial charge is 0.453 e. The first-order chi connectivity index (χ1) is 10.5. The molecule has 0 radical (unpaired) electrons. The SMILES string of the molecule is COC(=O)NC(=O)[C@@H](C)[NH2+][C@@H](C)c1cccc2ccccc12. The molecule has 116 valence electrons. The standard InChI is InChI=1S/C17H20N2O3/c1-11(18-12(2)16(20)19-17(21)22-3)14-10-6-8-13-7-4-5-9-15(13)14/h4-12,18H,1-3H3,(H,19,20,21)/p+1/t11-,12+/m0/s1. The summed E-state index contributed by atoms with van der Waals surface area (Å²) in [6.07, 6.45) is -0.733. The van der Waals surface area contributed by atoms with Crippen molar-refractivity contribution in [3.05, 3.63) is 48.0 Å². The Labute approximate surface area is 129 Å². The Kier molecular flexibility index (Phi) is 5.12. The summed E-state index contributed by atoms with van der Waals surface area (Å²) in [6.45, 7) is 3.81. The molecule has 2 aromatic rings. The normalized spacial score (nSPS) is 13.4. The highest BCUT2D eigenvalue weighted by atomic mass is 16.5. The number of carbonyl (C=O) groups is 2. The third kappa shape index (κ3) is 3.62. The van der Waals surface area contributed by atoms with E-state index in [0.29, 0.717) is 0 Å². The number of methoxy groups -OCH3 is 1. The molecule has 0 bridgehead atoms. The number of hydrogen-bond acceptors (Lipinski definition) is 3. The molecule has 22 heavy (non-hydrogen) atoms. The van der Waals surface area contributed by atoms with Gasteiger partial charge in [-0.3, -0.25) is 10.1 Å².